The van der Waals surface area contributed by atoms with Crippen LogP contribution in [0.15, 0.2) is 17.5 Å². The monoisotopic (exact) mass is 305 g/mol. The van der Waals surface area contributed by atoms with Crippen LogP contribution in [0.3, 0.4) is 0 Å². The summed E-state index contributed by atoms with van der Waals surface area (Å²) in [6, 6.07) is 5.93. The van der Waals surface area contributed by atoms with Gasteiger partial charge in [0.25, 0.3) is 0 Å². The first-order chi connectivity index (χ1) is 10.1. The maximum atomic E-state index is 4.09. The van der Waals surface area contributed by atoms with Gasteiger partial charge in [0, 0.05) is 17.0 Å². The fourth-order valence-electron chi connectivity index (χ4n) is 4.29. The van der Waals surface area contributed by atoms with Crippen molar-refractivity contribution < 1.29 is 0 Å². The molecule has 0 saturated heterocycles. The SMILES string of the molecule is CC1(C)CCCC(NC(c2cccs2)C2CCCC2)CC1. The molecule has 2 saturated carbocycles. The standard InChI is InChI=1S/C19H31NS/c1-19(2)12-5-9-16(11-13-19)20-18(15-7-3-4-8-15)17-10-6-14-21-17/h6,10,14-16,18,20H,3-5,7-9,11-13H2,1-2H3. The smallest absolute Gasteiger partial charge is 0.0445 e. The molecule has 0 amide bonds. The van der Waals surface area contributed by atoms with Gasteiger partial charge in [0.2, 0.25) is 0 Å². The van der Waals surface area contributed by atoms with Gasteiger partial charge in [0.1, 0.15) is 0 Å². The molecule has 118 valence electrons. The molecule has 0 radical (unpaired) electrons. The third-order valence-corrected chi connectivity index (χ3v) is 6.67. The molecule has 2 unspecified atom stereocenters. The average Bonchev–Trinajstić information content (AvgIpc) is 3.11. The lowest BCUT2D eigenvalue weighted by atomic mass is 9.85. The summed E-state index contributed by atoms with van der Waals surface area (Å²) in [6.45, 7) is 4.90. The number of thiophene rings is 1. The Hall–Kier alpha value is -0.340. The van der Waals surface area contributed by atoms with Crippen LogP contribution >= 0.6 is 11.3 Å². The molecule has 2 heteroatoms. The van der Waals surface area contributed by atoms with E-state index in [4.69, 9.17) is 0 Å². The van der Waals surface area contributed by atoms with Gasteiger partial charge in [-0.15, -0.1) is 11.3 Å². The van der Waals surface area contributed by atoms with Crippen molar-refractivity contribution in [2.24, 2.45) is 11.3 Å². The number of hydrogen-bond donors (Lipinski definition) is 1. The van der Waals surface area contributed by atoms with Gasteiger partial charge in [-0.1, -0.05) is 39.2 Å². The van der Waals surface area contributed by atoms with E-state index in [9.17, 15) is 0 Å². The van der Waals surface area contributed by atoms with Crippen molar-refractivity contribution in [1.82, 2.24) is 5.32 Å². The van der Waals surface area contributed by atoms with E-state index in [1.165, 1.54) is 57.8 Å². The summed E-state index contributed by atoms with van der Waals surface area (Å²) in [5.41, 5.74) is 0.558. The van der Waals surface area contributed by atoms with Crippen molar-refractivity contribution in [1.29, 1.82) is 0 Å². The quantitative estimate of drug-likeness (QED) is 0.680. The predicted molar refractivity (Wildman–Crippen MR) is 92.8 cm³/mol. The molecule has 2 fully saturated rings. The minimum atomic E-state index is 0.558. The molecule has 1 nitrogen and oxygen atoms in total. The van der Waals surface area contributed by atoms with Crippen LogP contribution in [0.4, 0.5) is 0 Å². The molecule has 2 aliphatic carbocycles. The zero-order chi connectivity index (χ0) is 14.7. The molecule has 1 heterocycles. The predicted octanol–water partition coefficient (Wildman–Crippen LogP) is 5.93. The molecule has 0 spiro atoms. The van der Waals surface area contributed by atoms with Gasteiger partial charge in [-0.25, -0.2) is 0 Å². The molecular formula is C19H31NS. The minimum Gasteiger partial charge on any atom is -0.306 e. The van der Waals surface area contributed by atoms with Gasteiger partial charge in [-0.05, 0) is 61.3 Å². The summed E-state index contributed by atoms with van der Waals surface area (Å²) in [6.07, 6.45) is 12.6. The van der Waals surface area contributed by atoms with E-state index in [2.05, 4.69) is 36.7 Å². The van der Waals surface area contributed by atoms with Crippen molar-refractivity contribution in [3.63, 3.8) is 0 Å². The van der Waals surface area contributed by atoms with Crippen LogP contribution in [0.2, 0.25) is 0 Å². The summed E-state index contributed by atoms with van der Waals surface area (Å²) >= 11 is 1.95. The van der Waals surface area contributed by atoms with E-state index in [0.717, 1.165) is 12.0 Å². The van der Waals surface area contributed by atoms with Crippen LogP contribution in [0.25, 0.3) is 0 Å². The van der Waals surface area contributed by atoms with E-state index in [0.29, 0.717) is 11.5 Å². The summed E-state index contributed by atoms with van der Waals surface area (Å²) < 4.78 is 0. The van der Waals surface area contributed by atoms with E-state index in [1.807, 2.05) is 11.3 Å². The maximum absolute atomic E-state index is 4.09. The van der Waals surface area contributed by atoms with Crippen molar-refractivity contribution in [2.45, 2.75) is 83.7 Å². The second-order valence-electron chi connectivity index (χ2n) is 8.00. The van der Waals surface area contributed by atoms with E-state index >= 15 is 0 Å². The number of rotatable bonds is 4. The van der Waals surface area contributed by atoms with Crippen LogP contribution in [0.5, 0.6) is 0 Å². The molecule has 1 N–H and O–H groups in total. The Bertz CT molecular complexity index is 417. The Balaban J connectivity index is 1.66. The van der Waals surface area contributed by atoms with Crippen molar-refractivity contribution in [3.8, 4) is 0 Å². The van der Waals surface area contributed by atoms with E-state index in [1.54, 1.807) is 4.88 Å². The fraction of sp³-hybridized carbons (Fsp3) is 0.789. The lowest BCUT2D eigenvalue weighted by molar-refractivity contribution is 0.292. The third-order valence-electron chi connectivity index (χ3n) is 5.71. The molecule has 3 rings (SSSR count). The molecule has 0 bridgehead atoms. The lowest BCUT2D eigenvalue weighted by Gasteiger charge is -2.29. The maximum Gasteiger partial charge on any atom is 0.0445 e. The molecular weight excluding hydrogens is 274 g/mol. The van der Waals surface area contributed by atoms with Crippen LogP contribution in [0, 0.1) is 11.3 Å². The Labute approximate surface area is 134 Å². The summed E-state index contributed by atoms with van der Waals surface area (Å²) in [5.74, 6) is 0.875. The van der Waals surface area contributed by atoms with Crippen LogP contribution in [-0.2, 0) is 0 Å². The molecule has 0 aromatic carbocycles. The molecule has 21 heavy (non-hydrogen) atoms. The topological polar surface area (TPSA) is 12.0 Å². The Morgan fingerprint density at radius 3 is 2.62 bits per heavy atom. The van der Waals surface area contributed by atoms with Crippen molar-refractivity contribution in [2.75, 3.05) is 0 Å². The Morgan fingerprint density at radius 1 is 1.10 bits per heavy atom. The molecule has 2 atom stereocenters. The van der Waals surface area contributed by atoms with Gasteiger partial charge in [-0.2, -0.15) is 0 Å². The van der Waals surface area contributed by atoms with Gasteiger partial charge in [0.05, 0.1) is 0 Å². The summed E-state index contributed by atoms with van der Waals surface area (Å²) in [5, 5.41) is 6.33. The van der Waals surface area contributed by atoms with Gasteiger partial charge in [-0.3, -0.25) is 0 Å². The first-order valence-electron chi connectivity index (χ1n) is 8.93. The third kappa shape index (κ3) is 4.10. The summed E-state index contributed by atoms with van der Waals surface area (Å²) in [7, 11) is 0. The minimum absolute atomic E-state index is 0.558. The van der Waals surface area contributed by atoms with Crippen molar-refractivity contribution in [3.05, 3.63) is 22.4 Å². The Kier molecular flexibility index (Phi) is 5.06. The second kappa shape index (κ2) is 6.83. The highest BCUT2D eigenvalue weighted by atomic mass is 32.1. The van der Waals surface area contributed by atoms with Gasteiger partial charge >= 0.3 is 0 Å². The van der Waals surface area contributed by atoms with Gasteiger partial charge in [0.15, 0.2) is 0 Å². The number of hydrogen-bond acceptors (Lipinski definition) is 2. The average molecular weight is 306 g/mol. The zero-order valence-corrected chi connectivity index (χ0v) is 14.6. The highest BCUT2D eigenvalue weighted by molar-refractivity contribution is 7.10. The fourth-order valence-corrected chi connectivity index (χ4v) is 5.17. The Morgan fingerprint density at radius 2 is 1.90 bits per heavy atom. The van der Waals surface area contributed by atoms with Gasteiger partial charge < -0.3 is 5.32 Å². The van der Waals surface area contributed by atoms with Crippen LogP contribution in [0.1, 0.15) is 82.6 Å². The van der Waals surface area contributed by atoms with E-state index < -0.39 is 0 Å². The highest BCUT2D eigenvalue weighted by Crippen LogP contribution is 2.39. The molecule has 0 aliphatic heterocycles. The molecule has 1 aromatic rings. The molecule has 2 aliphatic rings. The first-order valence-corrected chi connectivity index (χ1v) is 9.81. The molecule has 1 aromatic heterocycles. The number of nitrogens with one attached hydrogen (secondary N) is 1. The first kappa shape index (κ1) is 15.6. The van der Waals surface area contributed by atoms with Crippen molar-refractivity contribution >= 4 is 11.3 Å². The zero-order valence-electron chi connectivity index (χ0n) is 13.7. The normalized spacial score (nSPS) is 28.4. The van der Waals surface area contributed by atoms with E-state index in [-0.39, 0.29) is 0 Å². The largest absolute Gasteiger partial charge is 0.306 e. The van der Waals surface area contributed by atoms with Crippen LogP contribution in [-0.4, -0.2) is 6.04 Å². The lowest BCUT2D eigenvalue weighted by Crippen LogP contribution is -2.35. The summed E-state index contributed by atoms with van der Waals surface area (Å²) in [4.78, 5) is 1.57. The second-order valence-corrected chi connectivity index (χ2v) is 8.98. The highest BCUT2D eigenvalue weighted by Gasteiger charge is 2.31. The van der Waals surface area contributed by atoms with Crippen LogP contribution < -0.4 is 5.32 Å².